The lowest BCUT2D eigenvalue weighted by Gasteiger charge is -2.12. The molecule has 0 fully saturated rings. The van der Waals surface area contributed by atoms with Crippen LogP contribution in [-0.2, 0) is 0 Å². The summed E-state index contributed by atoms with van der Waals surface area (Å²) in [6.07, 6.45) is 2.54. The van der Waals surface area contributed by atoms with Crippen molar-refractivity contribution >= 4 is 6.29 Å². The third-order valence-electron chi connectivity index (χ3n) is 2.17. The van der Waals surface area contributed by atoms with Gasteiger partial charge in [0.1, 0.15) is 6.61 Å². The Balaban J connectivity index is 3.05. The number of hydrogen-bond donors (Lipinski definition) is 1. The SMILES string of the molecule is COc1c(O)ccc(C=O)c1OCC=C(C)C. The van der Waals surface area contributed by atoms with Crippen LogP contribution in [0.5, 0.6) is 17.2 Å². The van der Waals surface area contributed by atoms with Crippen molar-refractivity contribution in [2.24, 2.45) is 0 Å². The molecule has 0 bridgehead atoms. The van der Waals surface area contributed by atoms with Crippen molar-refractivity contribution < 1.29 is 19.4 Å². The zero-order valence-corrected chi connectivity index (χ0v) is 10.2. The van der Waals surface area contributed by atoms with Crippen molar-refractivity contribution in [3.8, 4) is 17.2 Å². The highest BCUT2D eigenvalue weighted by Crippen LogP contribution is 2.38. The Kier molecular flexibility index (Phi) is 4.57. The fraction of sp³-hybridized carbons (Fsp3) is 0.308. The van der Waals surface area contributed by atoms with Gasteiger partial charge in [-0.05, 0) is 32.1 Å². The fourth-order valence-electron chi connectivity index (χ4n) is 1.30. The Morgan fingerprint density at radius 2 is 2.06 bits per heavy atom. The van der Waals surface area contributed by atoms with E-state index in [0.717, 1.165) is 5.57 Å². The number of carbonyl (C=O) groups excluding carboxylic acids is 1. The van der Waals surface area contributed by atoms with E-state index in [2.05, 4.69) is 0 Å². The third kappa shape index (κ3) is 3.24. The monoisotopic (exact) mass is 236 g/mol. The number of aromatic hydroxyl groups is 1. The lowest BCUT2D eigenvalue weighted by Crippen LogP contribution is -2.00. The lowest BCUT2D eigenvalue weighted by atomic mass is 10.2. The average Bonchev–Trinajstić information content (AvgIpc) is 2.29. The Morgan fingerprint density at radius 1 is 1.35 bits per heavy atom. The molecule has 92 valence electrons. The fourth-order valence-corrected chi connectivity index (χ4v) is 1.30. The molecule has 0 amide bonds. The van der Waals surface area contributed by atoms with Gasteiger partial charge in [-0.15, -0.1) is 0 Å². The van der Waals surface area contributed by atoms with Gasteiger partial charge in [-0.25, -0.2) is 0 Å². The minimum atomic E-state index is -0.0506. The largest absolute Gasteiger partial charge is 0.504 e. The molecule has 1 aromatic carbocycles. The van der Waals surface area contributed by atoms with E-state index in [0.29, 0.717) is 18.5 Å². The van der Waals surface area contributed by atoms with E-state index in [1.54, 1.807) is 0 Å². The number of hydrogen-bond acceptors (Lipinski definition) is 4. The number of carbonyl (C=O) groups is 1. The van der Waals surface area contributed by atoms with Gasteiger partial charge in [0.15, 0.2) is 17.8 Å². The van der Waals surface area contributed by atoms with Gasteiger partial charge in [-0.1, -0.05) is 5.57 Å². The van der Waals surface area contributed by atoms with Gasteiger partial charge in [-0.2, -0.15) is 0 Å². The number of phenolic OH excluding ortho intramolecular Hbond substituents is 1. The number of ether oxygens (including phenoxy) is 2. The van der Waals surface area contributed by atoms with Crippen molar-refractivity contribution in [1.29, 1.82) is 0 Å². The molecule has 0 saturated heterocycles. The van der Waals surface area contributed by atoms with Gasteiger partial charge in [-0.3, -0.25) is 4.79 Å². The Hall–Kier alpha value is -1.97. The molecule has 0 aromatic heterocycles. The van der Waals surface area contributed by atoms with Crippen LogP contribution in [0.4, 0.5) is 0 Å². The molecule has 4 heteroatoms. The molecule has 4 nitrogen and oxygen atoms in total. The molecule has 0 aliphatic rings. The Labute approximate surface area is 100 Å². The second-order valence-electron chi connectivity index (χ2n) is 3.75. The Bertz CT molecular complexity index is 431. The van der Waals surface area contributed by atoms with Crippen molar-refractivity contribution in [2.45, 2.75) is 13.8 Å². The molecule has 0 aliphatic heterocycles. The van der Waals surface area contributed by atoms with E-state index in [-0.39, 0.29) is 17.2 Å². The van der Waals surface area contributed by atoms with Crippen molar-refractivity contribution in [3.63, 3.8) is 0 Å². The first-order valence-corrected chi connectivity index (χ1v) is 5.21. The molecule has 17 heavy (non-hydrogen) atoms. The quantitative estimate of drug-likeness (QED) is 0.630. The molecule has 0 atom stereocenters. The summed E-state index contributed by atoms with van der Waals surface area (Å²) in [5.74, 6) is 0.391. The van der Waals surface area contributed by atoms with Gasteiger partial charge in [0.25, 0.3) is 0 Å². The van der Waals surface area contributed by atoms with E-state index in [9.17, 15) is 9.90 Å². The average molecular weight is 236 g/mol. The second-order valence-corrected chi connectivity index (χ2v) is 3.75. The van der Waals surface area contributed by atoms with E-state index in [4.69, 9.17) is 9.47 Å². The van der Waals surface area contributed by atoms with Crippen LogP contribution in [0.15, 0.2) is 23.8 Å². The summed E-state index contributed by atoms with van der Waals surface area (Å²) >= 11 is 0. The predicted octanol–water partition coefficient (Wildman–Crippen LogP) is 2.56. The maximum absolute atomic E-state index is 10.9. The van der Waals surface area contributed by atoms with Crippen LogP contribution in [0, 0.1) is 0 Å². The van der Waals surface area contributed by atoms with Gasteiger partial charge in [0.05, 0.1) is 12.7 Å². The number of aldehydes is 1. The number of phenols is 1. The standard InChI is InChI=1S/C13H16O4/c1-9(2)6-7-17-12-10(8-14)4-5-11(15)13(12)16-3/h4-6,8,15H,7H2,1-3H3. The molecule has 0 radical (unpaired) electrons. The minimum absolute atomic E-state index is 0.0506. The molecular weight excluding hydrogens is 220 g/mol. The highest BCUT2D eigenvalue weighted by Gasteiger charge is 2.14. The van der Waals surface area contributed by atoms with E-state index < -0.39 is 0 Å². The molecule has 0 saturated carbocycles. The molecule has 0 unspecified atom stereocenters. The predicted molar refractivity (Wildman–Crippen MR) is 65.0 cm³/mol. The summed E-state index contributed by atoms with van der Waals surface area (Å²) in [7, 11) is 1.41. The normalized spacial score (nSPS) is 9.59. The summed E-state index contributed by atoms with van der Waals surface area (Å²) in [5.41, 5.74) is 1.46. The zero-order chi connectivity index (χ0) is 12.8. The van der Waals surface area contributed by atoms with Gasteiger partial charge in [0, 0.05) is 0 Å². The molecule has 0 aliphatic carbocycles. The zero-order valence-electron chi connectivity index (χ0n) is 10.2. The molecule has 0 heterocycles. The summed E-state index contributed by atoms with van der Waals surface area (Å²) in [4.78, 5) is 10.9. The smallest absolute Gasteiger partial charge is 0.203 e. The first-order valence-electron chi connectivity index (χ1n) is 5.21. The molecule has 0 spiro atoms. The van der Waals surface area contributed by atoms with Crippen molar-refractivity contribution in [3.05, 3.63) is 29.3 Å². The van der Waals surface area contributed by atoms with Crippen LogP contribution in [0.2, 0.25) is 0 Å². The summed E-state index contributed by atoms with van der Waals surface area (Å²) in [6, 6.07) is 2.89. The molecular formula is C13H16O4. The van der Waals surface area contributed by atoms with Crippen LogP contribution in [0.1, 0.15) is 24.2 Å². The first kappa shape index (κ1) is 13.1. The minimum Gasteiger partial charge on any atom is -0.504 e. The van der Waals surface area contributed by atoms with Crippen LogP contribution in [-0.4, -0.2) is 25.1 Å². The van der Waals surface area contributed by atoms with Crippen LogP contribution in [0.25, 0.3) is 0 Å². The van der Waals surface area contributed by atoms with Gasteiger partial charge >= 0.3 is 0 Å². The van der Waals surface area contributed by atoms with Crippen molar-refractivity contribution in [1.82, 2.24) is 0 Å². The number of benzene rings is 1. The first-order chi connectivity index (χ1) is 8.10. The van der Waals surface area contributed by atoms with E-state index >= 15 is 0 Å². The van der Waals surface area contributed by atoms with Crippen LogP contribution in [0.3, 0.4) is 0 Å². The number of rotatable bonds is 5. The maximum Gasteiger partial charge on any atom is 0.203 e. The second kappa shape index (κ2) is 5.94. The molecule has 1 rings (SSSR count). The van der Waals surface area contributed by atoms with Crippen LogP contribution < -0.4 is 9.47 Å². The van der Waals surface area contributed by atoms with Crippen LogP contribution >= 0.6 is 0 Å². The van der Waals surface area contributed by atoms with Gasteiger partial charge in [0.2, 0.25) is 5.75 Å². The van der Waals surface area contributed by atoms with E-state index in [1.807, 2.05) is 19.9 Å². The topological polar surface area (TPSA) is 55.8 Å². The van der Waals surface area contributed by atoms with E-state index in [1.165, 1.54) is 19.2 Å². The summed E-state index contributed by atoms with van der Waals surface area (Å²) in [5, 5.41) is 9.58. The lowest BCUT2D eigenvalue weighted by molar-refractivity contribution is 0.111. The highest BCUT2D eigenvalue weighted by molar-refractivity contribution is 5.82. The highest BCUT2D eigenvalue weighted by atomic mass is 16.5. The van der Waals surface area contributed by atoms with Gasteiger partial charge < -0.3 is 14.6 Å². The molecule has 1 N–H and O–H groups in total. The third-order valence-corrected chi connectivity index (χ3v) is 2.17. The summed E-state index contributed by atoms with van der Waals surface area (Å²) in [6.45, 7) is 4.22. The van der Waals surface area contributed by atoms with Crippen molar-refractivity contribution in [2.75, 3.05) is 13.7 Å². The maximum atomic E-state index is 10.9. The Morgan fingerprint density at radius 3 is 2.59 bits per heavy atom. The number of methoxy groups -OCH3 is 1. The number of allylic oxidation sites excluding steroid dienone is 1. The summed E-state index contributed by atoms with van der Waals surface area (Å²) < 4.78 is 10.5. The molecule has 1 aromatic rings.